The van der Waals surface area contributed by atoms with Crippen molar-refractivity contribution >= 4 is 5.97 Å². The van der Waals surface area contributed by atoms with Gasteiger partial charge in [-0.1, -0.05) is 6.07 Å². The van der Waals surface area contributed by atoms with Gasteiger partial charge in [-0.2, -0.15) is 0 Å². The summed E-state index contributed by atoms with van der Waals surface area (Å²) in [4.78, 5) is 11.7. The zero-order valence-electron chi connectivity index (χ0n) is 11.1. The van der Waals surface area contributed by atoms with E-state index in [1.165, 1.54) is 7.11 Å². The highest BCUT2D eigenvalue weighted by molar-refractivity contribution is 5.91. The molecular formula is C14H18O5. The van der Waals surface area contributed by atoms with Gasteiger partial charge in [-0.3, -0.25) is 0 Å². The average Bonchev–Trinajstić information content (AvgIpc) is 2.38. The number of carbonyl (C=O) groups is 1. The van der Waals surface area contributed by atoms with Crippen LogP contribution in [0.4, 0.5) is 0 Å². The summed E-state index contributed by atoms with van der Waals surface area (Å²) in [6.07, 6.45) is 1.02. The molecule has 0 amide bonds. The fraction of sp³-hybridized carbons (Fsp3) is 0.500. The molecule has 1 saturated carbocycles. The molecule has 0 spiro atoms. The van der Waals surface area contributed by atoms with Gasteiger partial charge < -0.3 is 19.3 Å². The van der Waals surface area contributed by atoms with E-state index in [1.54, 1.807) is 25.3 Å². The molecule has 0 saturated heterocycles. The lowest BCUT2D eigenvalue weighted by atomic mass is 9.92. The molecule has 5 nitrogen and oxygen atoms in total. The molecule has 104 valence electrons. The molecule has 0 bridgehead atoms. The molecule has 1 aliphatic rings. The summed E-state index contributed by atoms with van der Waals surface area (Å²) in [5.41, 5.74) is 1.21. The molecule has 0 aromatic heterocycles. The van der Waals surface area contributed by atoms with E-state index < -0.39 is 5.97 Å². The Balaban J connectivity index is 2.14. The maximum atomic E-state index is 11.7. The monoisotopic (exact) mass is 266 g/mol. The van der Waals surface area contributed by atoms with Crippen molar-refractivity contribution in [2.24, 2.45) is 0 Å². The number of ether oxygens (including phenoxy) is 3. The first kappa shape index (κ1) is 13.8. The minimum absolute atomic E-state index is 0.0220. The Labute approximate surface area is 112 Å². The van der Waals surface area contributed by atoms with Crippen molar-refractivity contribution in [2.75, 3.05) is 14.2 Å². The fourth-order valence-corrected chi connectivity index (χ4v) is 2.04. The van der Waals surface area contributed by atoms with E-state index in [0.29, 0.717) is 30.8 Å². The van der Waals surface area contributed by atoms with E-state index >= 15 is 0 Å². The van der Waals surface area contributed by atoms with Gasteiger partial charge in [-0.15, -0.1) is 0 Å². The van der Waals surface area contributed by atoms with Crippen LogP contribution in [0.1, 0.15) is 28.8 Å². The highest BCUT2D eigenvalue weighted by atomic mass is 16.5. The Hall–Kier alpha value is -1.59. The number of carbonyl (C=O) groups excluding carboxylic acids is 1. The van der Waals surface area contributed by atoms with Crippen LogP contribution < -0.4 is 4.74 Å². The molecule has 0 heterocycles. The third-order valence-electron chi connectivity index (χ3n) is 3.16. The Kier molecular flexibility index (Phi) is 4.39. The number of rotatable bonds is 5. The minimum atomic E-state index is -0.411. The molecule has 0 aliphatic heterocycles. The van der Waals surface area contributed by atoms with E-state index in [0.717, 1.165) is 5.56 Å². The van der Waals surface area contributed by atoms with E-state index in [4.69, 9.17) is 14.2 Å². The van der Waals surface area contributed by atoms with Gasteiger partial charge in [-0.25, -0.2) is 4.79 Å². The van der Waals surface area contributed by atoms with Crippen LogP contribution in [-0.4, -0.2) is 37.5 Å². The third kappa shape index (κ3) is 3.24. The Bertz CT molecular complexity index is 451. The van der Waals surface area contributed by atoms with Crippen LogP contribution in [0, 0.1) is 0 Å². The van der Waals surface area contributed by atoms with Gasteiger partial charge in [0.05, 0.1) is 25.4 Å². The Morgan fingerprint density at radius 1 is 1.37 bits per heavy atom. The second kappa shape index (κ2) is 6.04. The quantitative estimate of drug-likeness (QED) is 0.819. The van der Waals surface area contributed by atoms with E-state index in [2.05, 4.69) is 0 Å². The SMILES string of the molecule is COCc1ccc(OC2CC(O)C2)cc1C(=O)OC. The van der Waals surface area contributed by atoms with Crippen molar-refractivity contribution < 1.29 is 24.1 Å². The number of hydrogen-bond donors (Lipinski definition) is 1. The highest BCUT2D eigenvalue weighted by Crippen LogP contribution is 2.27. The molecule has 19 heavy (non-hydrogen) atoms. The first-order valence-electron chi connectivity index (χ1n) is 6.19. The lowest BCUT2D eigenvalue weighted by Gasteiger charge is -2.31. The van der Waals surface area contributed by atoms with Gasteiger partial charge in [0.2, 0.25) is 0 Å². The van der Waals surface area contributed by atoms with Gasteiger partial charge in [0.15, 0.2) is 0 Å². The number of hydrogen-bond acceptors (Lipinski definition) is 5. The van der Waals surface area contributed by atoms with Gasteiger partial charge in [-0.05, 0) is 17.7 Å². The Morgan fingerprint density at radius 2 is 2.11 bits per heavy atom. The van der Waals surface area contributed by atoms with E-state index in [1.807, 2.05) is 0 Å². The highest BCUT2D eigenvalue weighted by Gasteiger charge is 2.29. The van der Waals surface area contributed by atoms with Crippen molar-refractivity contribution in [1.82, 2.24) is 0 Å². The molecule has 2 rings (SSSR count). The largest absolute Gasteiger partial charge is 0.490 e. The van der Waals surface area contributed by atoms with Gasteiger partial charge >= 0.3 is 5.97 Å². The van der Waals surface area contributed by atoms with Crippen LogP contribution in [0.2, 0.25) is 0 Å². The summed E-state index contributed by atoms with van der Waals surface area (Å²) in [6.45, 7) is 0.340. The summed E-state index contributed by atoms with van der Waals surface area (Å²) < 4.78 is 15.5. The van der Waals surface area contributed by atoms with Gasteiger partial charge in [0.1, 0.15) is 11.9 Å². The fourth-order valence-electron chi connectivity index (χ4n) is 2.04. The van der Waals surface area contributed by atoms with Crippen molar-refractivity contribution in [2.45, 2.75) is 31.7 Å². The topological polar surface area (TPSA) is 65.0 Å². The average molecular weight is 266 g/mol. The molecule has 0 radical (unpaired) electrons. The first-order chi connectivity index (χ1) is 9.13. The van der Waals surface area contributed by atoms with Crippen molar-refractivity contribution in [3.63, 3.8) is 0 Å². The standard InChI is InChI=1S/C14H18O5/c1-17-8-9-3-4-11(7-13(9)14(16)18-2)19-12-5-10(15)6-12/h3-4,7,10,12,15H,5-6,8H2,1-2H3. The maximum absolute atomic E-state index is 11.7. The van der Waals surface area contributed by atoms with Crippen LogP contribution in [0.15, 0.2) is 18.2 Å². The molecule has 0 unspecified atom stereocenters. The second-order valence-corrected chi connectivity index (χ2v) is 4.61. The van der Waals surface area contributed by atoms with Crippen LogP contribution in [0.25, 0.3) is 0 Å². The minimum Gasteiger partial charge on any atom is -0.490 e. The smallest absolute Gasteiger partial charge is 0.338 e. The summed E-state index contributed by atoms with van der Waals surface area (Å²) >= 11 is 0. The lowest BCUT2D eigenvalue weighted by molar-refractivity contribution is -0.0108. The zero-order chi connectivity index (χ0) is 13.8. The predicted octanol–water partition coefficient (Wildman–Crippen LogP) is 1.52. The van der Waals surface area contributed by atoms with Crippen molar-refractivity contribution in [3.05, 3.63) is 29.3 Å². The summed E-state index contributed by atoms with van der Waals surface area (Å²) in [5, 5.41) is 9.22. The van der Waals surface area contributed by atoms with E-state index in [9.17, 15) is 9.90 Å². The molecule has 1 N–H and O–H groups in total. The zero-order valence-corrected chi connectivity index (χ0v) is 11.1. The lowest BCUT2D eigenvalue weighted by Crippen LogP contribution is -2.37. The molecule has 5 heteroatoms. The third-order valence-corrected chi connectivity index (χ3v) is 3.16. The number of methoxy groups -OCH3 is 2. The van der Waals surface area contributed by atoms with Crippen LogP contribution >= 0.6 is 0 Å². The van der Waals surface area contributed by atoms with Crippen LogP contribution in [0.5, 0.6) is 5.75 Å². The molecule has 1 fully saturated rings. The molecule has 0 atom stereocenters. The number of esters is 1. The summed E-state index contributed by atoms with van der Waals surface area (Å²) in [7, 11) is 2.91. The Morgan fingerprint density at radius 3 is 2.68 bits per heavy atom. The first-order valence-corrected chi connectivity index (χ1v) is 6.19. The predicted molar refractivity (Wildman–Crippen MR) is 68.2 cm³/mol. The van der Waals surface area contributed by atoms with Crippen molar-refractivity contribution in [3.8, 4) is 5.75 Å². The number of benzene rings is 1. The number of aliphatic hydroxyl groups excluding tert-OH is 1. The molecular weight excluding hydrogens is 248 g/mol. The number of aliphatic hydroxyl groups is 1. The van der Waals surface area contributed by atoms with Gasteiger partial charge in [0.25, 0.3) is 0 Å². The van der Waals surface area contributed by atoms with Crippen LogP contribution in [0.3, 0.4) is 0 Å². The summed E-state index contributed by atoms with van der Waals surface area (Å²) in [5.74, 6) is 0.197. The molecule has 1 aromatic rings. The van der Waals surface area contributed by atoms with Gasteiger partial charge in [0, 0.05) is 20.0 Å². The van der Waals surface area contributed by atoms with Crippen molar-refractivity contribution in [1.29, 1.82) is 0 Å². The maximum Gasteiger partial charge on any atom is 0.338 e. The summed E-state index contributed by atoms with van der Waals surface area (Å²) in [6, 6.07) is 5.25. The molecule has 1 aromatic carbocycles. The van der Waals surface area contributed by atoms with E-state index in [-0.39, 0.29) is 12.2 Å². The molecule has 1 aliphatic carbocycles. The van der Waals surface area contributed by atoms with Crippen LogP contribution in [-0.2, 0) is 16.1 Å². The normalized spacial score (nSPS) is 21.6. The second-order valence-electron chi connectivity index (χ2n) is 4.61.